The number of esters is 1. The Balaban J connectivity index is 2.13. The number of hydrogen-bond acceptors (Lipinski definition) is 4. The molecule has 2 rings (SSSR count). The number of rotatable bonds is 3. The third-order valence-electron chi connectivity index (χ3n) is 2.97. The highest BCUT2D eigenvalue weighted by molar-refractivity contribution is 7.16. The first-order valence-electron chi connectivity index (χ1n) is 5.61. The Morgan fingerprint density at radius 2 is 2.18 bits per heavy atom. The fraction of sp³-hybridized carbons (Fsp3) is 0.500. The van der Waals surface area contributed by atoms with Crippen molar-refractivity contribution in [1.29, 1.82) is 0 Å². The SMILES string of the molecule is COC(=O)c1cc(C)sc1NC(=O)C1CCC1. The molecule has 1 amide bonds. The normalized spacial score (nSPS) is 15.2. The van der Waals surface area contributed by atoms with E-state index in [0.717, 1.165) is 24.1 Å². The van der Waals surface area contributed by atoms with E-state index in [1.54, 1.807) is 6.07 Å². The van der Waals surface area contributed by atoms with Gasteiger partial charge in [0, 0.05) is 10.8 Å². The zero-order valence-corrected chi connectivity index (χ0v) is 10.7. The van der Waals surface area contributed by atoms with Gasteiger partial charge >= 0.3 is 5.97 Å². The summed E-state index contributed by atoms with van der Waals surface area (Å²) in [6.07, 6.45) is 3.01. The summed E-state index contributed by atoms with van der Waals surface area (Å²) in [5.74, 6) is -0.274. The molecule has 1 aromatic heterocycles. The second-order valence-electron chi connectivity index (χ2n) is 4.21. The second-order valence-corrected chi connectivity index (χ2v) is 5.46. The summed E-state index contributed by atoms with van der Waals surface area (Å²) in [6, 6.07) is 1.74. The average molecular weight is 253 g/mol. The Labute approximate surface area is 104 Å². The van der Waals surface area contributed by atoms with E-state index in [1.165, 1.54) is 18.4 Å². The van der Waals surface area contributed by atoms with Gasteiger partial charge in [0.05, 0.1) is 12.7 Å². The van der Waals surface area contributed by atoms with Gasteiger partial charge < -0.3 is 10.1 Å². The van der Waals surface area contributed by atoms with Crippen LogP contribution in [0.4, 0.5) is 5.00 Å². The summed E-state index contributed by atoms with van der Waals surface area (Å²) < 4.78 is 4.69. The monoisotopic (exact) mass is 253 g/mol. The molecule has 0 spiro atoms. The van der Waals surface area contributed by atoms with Gasteiger partial charge in [-0.15, -0.1) is 11.3 Å². The highest BCUT2D eigenvalue weighted by atomic mass is 32.1. The Morgan fingerprint density at radius 3 is 2.71 bits per heavy atom. The number of amides is 1. The molecule has 1 aromatic rings. The van der Waals surface area contributed by atoms with E-state index < -0.39 is 5.97 Å². The molecule has 1 saturated carbocycles. The summed E-state index contributed by atoms with van der Waals surface area (Å²) in [5.41, 5.74) is 0.447. The molecule has 5 heteroatoms. The van der Waals surface area contributed by atoms with Gasteiger partial charge in [0.1, 0.15) is 5.00 Å². The molecule has 0 unspecified atom stereocenters. The highest BCUT2D eigenvalue weighted by Gasteiger charge is 2.27. The van der Waals surface area contributed by atoms with Crippen molar-refractivity contribution in [1.82, 2.24) is 0 Å². The standard InChI is InChI=1S/C12H15NO3S/c1-7-6-9(12(15)16-2)11(17-7)13-10(14)8-4-3-5-8/h6,8H,3-5H2,1-2H3,(H,13,14). The highest BCUT2D eigenvalue weighted by Crippen LogP contribution is 2.32. The molecule has 1 aliphatic carbocycles. The molecule has 0 aromatic carbocycles. The van der Waals surface area contributed by atoms with Crippen molar-refractivity contribution in [3.8, 4) is 0 Å². The molecule has 0 bridgehead atoms. The summed E-state index contributed by atoms with van der Waals surface area (Å²) in [5, 5.41) is 3.43. The molecule has 0 radical (unpaired) electrons. The van der Waals surface area contributed by atoms with Gasteiger partial charge in [-0.1, -0.05) is 6.42 Å². The van der Waals surface area contributed by atoms with Gasteiger partial charge in [-0.3, -0.25) is 4.79 Å². The number of anilines is 1. The number of ether oxygens (including phenoxy) is 1. The van der Waals surface area contributed by atoms with Crippen molar-refractivity contribution < 1.29 is 14.3 Å². The summed E-state index contributed by atoms with van der Waals surface area (Å²) in [4.78, 5) is 24.3. The zero-order valence-electron chi connectivity index (χ0n) is 9.91. The van der Waals surface area contributed by atoms with Crippen molar-refractivity contribution in [3.05, 3.63) is 16.5 Å². The van der Waals surface area contributed by atoms with Crippen LogP contribution in [0.15, 0.2) is 6.07 Å². The molecule has 1 aliphatic rings. The Bertz CT molecular complexity index is 449. The van der Waals surface area contributed by atoms with Crippen molar-refractivity contribution in [3.63, 3.8) is 0 Å². The van der Waals surface area contributed by atoms with Crippen LogP contribution in [0.3, 0.4) is 0 Å². The van der Waals surface area contributed by atoms with Gasteiger partial charge in [-0.25, -0.2) is 4.79 Å². The molecule has 1 N–H and O–H groups in total. The van der Waals surface area contributed by atoms with E-state index in [-0.39, 0.29) is 11.8 Å². The minimum Gasteiger partial charge on any atom is -0.465 e. The van der Waals surface area contributed by atoms with Crippen LogP contribution in [-0.4, -0.2) is 19.0 Å². The lowest BCUT2D eigenvalue weighted by atomic mass is 9.85. The zero-order chi connectivity index (χ0) is 12.4. The molecule has 0 aliphatic heterocycles. The quantitative estimate of drug-likeness (QED) is 0.842. The van der Waals surface area contributed by atoms with E-state index >= 15 is 0 Å². The van der Waals surface area contributed by atoms with Gasteiger partial charge in [0.15, 0.2) is 0 Å². The van der Waals surface area contributed by atoms with Gasteiger partial charge in [0.25, 0.3) is 0 Å². The lowest BCUT2D eigenvalue weighted by Gasteiger charge is -2.23. The number of hydrogen-bond donors (Lipinski definition) is 1. The number of carbonyl (C=O) groups excluding carboxylic acids is 2. The number of aryl methyl sites for hydroxylation is 1. The fourth-order valence-electron chi connectivity index (χ4n) is 1.75. The lowest BCUT2D eigenvalue weighted by molar-refractivity contribution is -0.122. The molecule has 17 heavy (non-hydrogen) atoms. The number of thiophene rings is 1. The van der Waals surface area contributed by atoms with Crippen molar-refractivity contribution >= 4 is 28.2 Å². The predicted octanol–water partition coefficient (Wildman–Crippen LogP) is 2.58. The molecular formula is C12H15NO3S. The molecule has 0 atom stereocenters. The van der Waals surface area contributed by atoms with E-state index in [9.17, 15) is 9.59 Å². The predicted molar refractivity (Wildman–Crippen MR) is 66.4 cm³/mol. The first-order chi connectivity index (χ1) is 8.11. The minimum atomic E-state index is -0.404. The lowest BCUT2D eigenvalue weighted by Crippen LogP contribution is -2.28. The van der Waals surface area contributed by atoms with Crippen molar-refractivity contribution in [2.24, 2.45) is 5.92 Å². The first-order valence-corrected chi connectivity index (χ1v) is 6.43. The summed E-state index contributed by atoms with van der Waals surface area (Å²) in [7, 11) is 1.34. The third kappa shape index (κ3) is 2.49. The Kier molecular flexibility index (Phi) is 3.47. The van der Waals surface area contributed by atoms with Gasteiger partial charge in [-0.2, -0.15) is 0 Å². The van der Waals surface area contributed by atoms with Crippen LogP contribution in [0.2, 0.25) is 0 Å². The average Bonchev–Trinajstić information content (AvgIpc) is 2.55. The molecular weight excluding hydrogens is 238 g/mol. The maximum Gasteiger partial charge on any atom is 0.340 e. The number of nitrogens with one attached hydrogen (secondary N) is 1. The van der Waals surface area contributed by atoms with Gasteiger partial charge in [0.2, 0.25) is 5.91 Å². The smallest absolute Gasteiger partial charge is 0.340 e. The molecule has 1 heterocycles. The first kappa shape index (κ1) is 12.1. The Hall–Kier alpha value is -1.36. The minimum absolute atomic E-state index is 0.0169. The Morgan fingerprint density at radius 1 is 1.47 bits per heavy atom. The summed E-state index contributed by atoms with van der Waals surface area (Å²) in [6.45, 7) is 1.90. The van der Waals surface area contributed by atoms with E-state index in [0.29, 0.717) is 10.6 Å². The topological polar surface area (TPSA) is 55.4 Å². The molecule has 1 fully saturated rings. The largest absolute Gasteiger partial charge is 0.465 e. The number of methoxy groups -OCH3 is 1. The van der Waals surface area contributed by atoms with Crippen LogP contribution in [-0.2, 0) is 9.53 Å². The van der Waals surface area contributed by atoms with Crippen LogP contribution in [0.1, 0.15) is 34.5 Å². The van der Waals surface area contributed by atoms with Crippen LogP contribution in [0.25, 0.3) is 0 Å². The number of carbonyl (C=O) groups is 2. The second kappa shape index (κ2) is 4.87. The van der Waals surface area contributed by atoms with Crippen molar-refractivity contribution in [2.75, 3.05) is 12.4 Å². The summed E-state index contributed by atoms with van der Waals surface area (Å²) >= 11 is 1.41. The van der Waals surface area contributed by atoms with Gasteiger partial charge in [-0.05, 0) is 25.8 Å². The van der Waals surface area contributed by atoms with Crippen LogP contribution >= 0.6 is 11.3 Å². The van der Waals surface area contributed by atoms with Crippen molar-refractivity contribution in [2.45, 2.75) is 26.2 Å². The third-order valence-corrected chi connectivity index (χ3v) is 3.94. The maximum absolute atomic E-state index is 11.8. The van der Waals surface area contributed by atoms with Crippen LogP contribution < -0.4 is 5.32 Å². The fourth-order valence-corrected chi connectivity index (χ4v) is 2.66. The van der Waals surface area contributed by atoms with E-state index in [1.807, 2.05) is 6.92 Å². The molecule has 0 saturated heterocycles. The maximum atomic E-state index is 11.8. The molecule has 92 valence electrons. The molecule has 4 nitrogen and oxygen atoms in total. The van der Waals surface area contributed by atoms with Crippen LogP contribution in [0.5, 0.6) is 0 Å². The van der Waals surface area contributed by atoms with Crippen LogP contribution in [0, 0.1) is 12.8 Å². The van der Waals surface area contributed by atoms with E-state index in [2.05, 4.69) is 10.1 Å². The van der Waals surface area contributed by atoms with E-state index in [4.69, 9.17) is 0 Å².